The molecule has 360 valence electrons. The SMILES string of the molecule is Brc1cc2cnc3cc(Br)cc4cnc(c1)c2c43.c1ccc2c(c1)Nc1ccccc1S2.c1ccc2c(c1)Sc1ccccc1N2c1cc2cnc3cc(N4c5ccccc5Sc5ccccc54)cc4cnc(c1)c2c43. The molecule has 1 N–H and O–H groups in total. The number of rotatable bonds is 2. The number of nitrogens with zero attached hydrogens (tertiary/aromatic N) is 6. The molecular weight excluding hydrogens is 1120 g/mol. The quantitative estimate of drug-likeness (QED) is 0.169. The van der Waals surface area contributed by atoms with Crippen LogP contribution in [0.1, 0.15) is 0 Å². The van der Waals surface area contributed by atoms with E-state index in [4.69, 9.17) is 9.97 Å². The van der Waals surface area contributed by atoms with Crippen LogP contribution in [0.4, 0.5) is 45.5 Å². The summed E-state index contributed by atoms with van der Waals surface area (Å²) in [7, 11) is 0. The summed E-state index contributed by atoms with van der Waals surface area (Å²) in [5.41, 5.74) is 13.3. The summed E-state index contributed by atoms with van der Waals surface area (Å²) in [6.45, 7) is 0. The molecule has 0 radical (unpaired) electrons. The minimum atomic E-state index is 0.975. The predicted octanol–water partition coefficient (Wildman–Crippen LogP) is 20.0. The number of aromatic nitrogens is 4. The zero-order valence-electron chi connectivity index (χ0n) is 39.9. The van der Waals surface area contributed by atoms with Crippen molar-refractivity contribution < 1.29 is 0 Å². The van der Waals surface area contributed by atoms with Crippen molar-refractivity contribution in [2.24, 2.45) is 0 Å². The summed E-state index contributed by atoms with van der Waals surface area (Å²) in [5, 5.41) is 12.5. The molecule has 0 aliphatic carbocycles. The summed E-state index contributed by atoms with van der Waals surface area (Å²) < 4.78 is 2.06. The minimum absolute atomic E-state index is 0.975. The maximum absolute atomic E-state index is 5.07. The van der Waals surface area contributed by atoms with Gasteiger partial charge in [-0.1, -0.05) is 140 Å². The second kappa shape index (κ2) is 18.5. The zero-order chi connectivity index (χ0) is 50.4. The van der Waals surface area contributed by atoms with Gasteiger partial charge in [-0.25, -0.2) is 0 Å². The Balaban J connectivity index is 0.000000128. The highest BCUT2D eigenvalue weighted by atomic mass is 79.9. The summed E-state index contributed by atoms with van der Waals surface area (Å²) >= 11 is 12.5. The number of anilines is 8. The monoisotopic (exact) mass is 1160 g/mol. The first-order valence-electron chi connectivity index (χ1n) is 24.6. The van der Waals surface area contributed by atoms with Gasteiger partial charge in [0.2, 0.25) is 0 Å². The van der Waals surface area contributed by atoms with Crippen molar-refractivity contribution in [2.75, 3.05) is 15.1 Å². The van der Waals surface area contributed by atoms with Crippen LogP contribution in [-0.4, -0.2) is 19.9 Å². The number of para-hydroxylation sites is 6. The van der Waals surface area contributed by atoms with Gasteiger partial charge in [-0.2, -0.15) is 0 Å². The Labute approximate surface area is 466 Å². The maximum Gasteiger partial charge on any atom is 0.0736 e. The molecule has 0 unspecified atom stereocenters. The molecule has 0 atom stereocenters. The number of nitrogens with one attached hydrogen (secondary N) is 1. The van der Waals surface area contributed by atoms with Crippen molar-refractivity contribution >= 4 is 178 Å². The van der Waals surface area contributed by atoms with E-state index in [1.807, 2.05) is 72.2 Å². The van der Waals surface area contributed by atoms with Crippen LogP contribution >= 0.6 is 67.1 Å². The van der Waals surface area contributed by atoms with E-state index in [9.17, 15) is 0 Å². The number of halogens is 2. The van der Waals surface area contributed by atoms with E-state index >= 15 is 0 Å². The van der Waals surface area contributed by atoms with Crippen molar-refractivity contribution in [3.63, 3.8) is 0 Å². The van der Waals surface area contributed by atoms with Crippen LogP contribution in [0.25, 0.3) is 65.2 Å². The van der Waals surface area contributed by atoms with Crippen molar-refractivity contribution in [1.82, 2.24) is 19.9 Å². The summed E-state index contributed by atoms with van der Waals surface area (Å²) in [5.74, 6) is 0. The molecule has 0 fully saturated rings. The van der Waals surface area contributed by atoms with E-state index in [2.05, 4.69) is 239 Å². The average Bonchev–Trinajstić information content (AvgIpc) is 3.47. The lowest BCUT2D eigenvalue weighted by Gasteiger charge is -2.33. The smallest absolute Gasteiger partial charge is 0.0736 e. The largest absolute Gasteiger partial charge is 0.354 e. The van der Waals surface area contributed by atoms with Crippen LogP contribution in [0.15, 0.2) is 257 Å². The predicted molar refractivity (Wildman–Crippen MR) is 325 cm³/mol. The molecule has 0 saturated heterocycles. The standard InChI is InChI=1S/C38H22N4S2.C14H6Br2N2.C12H9NS/c1-5-13-33-29(9-1)41(30-10-2-6-14-34(30)43-33)25-17-23-21-40-28-20-26(18-24-22-39-27(19-25)37(23)38(24)28)42-31-11-3-7-15-35(31)44-36-16-8-4-12-32(36)42;15-9-1-7-5-17-12-4-10(16)2-8-6-18-11(3-9)13(7)14(8)12;1-3-7-11-9(5-1)13-10-6-2-4-8-12(10)14-11/h1-22H;1-6H;1-8,13H. The van der Waals surface area contributed by atoms with Gasteiger partial charge in [-0.15, -0.1) is 0 Å². The fourth-order valence-corrected chi connectivity index (χ4v) is 14.8. The van der Waals surface area contributed by atoms with E-state index in [-0.39, 0.29) is 0 Å². The van der Waals surface area contributed by atoms with Crippen LogP contribution in [0.2, 0.25) is 0 Å². The molecule has 14 aromatic rings. The molecule has 76 heavy (non-hydrogen) atoms. The number of fused-ring (bicyclic) bond motifs is 6. The van der Waals surface area contributed by atoms with Crippen LogP contribution < -0.4 is 15.1 Å². The molecule has 12 heteroatoms. The lowest BCUT2D eigenvalue weighted by molar-refractivity contribution is 1.17. The molecule has 7 nitrogen and oxygen atoms in total. The molecule has 0 saturated carbocycles. The summed E-state index contributed by atoms with van der Waals surface area (Å²) in [6, 6.07) is 68.5. The van der Waals surface area contributed by atoms with E-state index < -0.39 is 0 Å². The fraction of sp³-hybridized carbons (Fsp3) is 0. The van der Waals surface area contributed by atoms with Crippen LogP contribution in [0.5, 0.6) is 0 Å². The van der Waals surface area contributed by atoms with Gasteiger partial charge in [0.1, 0.15) is 0 Å². The zero-order valence-corrected chi connectivity index (χ0v) is 45.6. The Hall–Kier alpha value is -7.71. The molecule has 17 rings (SSSR count). The maximum atomic E-state index is 5.07. The molecule has 0 spiro atoms. The van der Waals surface area contributed by atoms with E-state index in [0.717, 1.165) is 74.7 Å². The highest BCUT2D eigenvalue weighted by Gasteiger charge is 2.28. The summed E-state index contributed by atoms with van der Waals surface area (Å²) in [4.78, 5) is 31.5. The van der Waals surface area contributed by atoms with Crippen molar-refractivity contribution in [1.29, 1.82) is 0 Å². The molecule has 3 aliphatic heterocycles. The van der Waals surface area contributed by atoms with Gasteiger partial charge in [0.25, 0.3) is 0 Å². The highest BCUT2D eigenvalue weighted by molar-refractivity contribution is 9.10. The molecule has 4 aromatic heterocycles. The third-order valence-electron chi connectivity index (χ3n) is 14.0. The first-order valence-corrected chi connectivity index (χ1v) is 28.6. The fourth-order valence-electron chi connectivity index (χ4n) is 10.8. The average molecular weight is 1160 g/mol. The molecule has 0 amide bonds. The van der Waals surface area contributed by atoms with Crippen molar-refractivity contribution in [2.45, 2.75) is 29.4 Å². The summed E-state index contributed by atoms with van der Waals surface area (Å²) in [6.07, 6.45) is 7.85. The van der Waals surface area contributed by atoms with Gasteiger partial charge in [0.15, 0.2) is 0 Å². The van der Waals surface area contributed by atoms with E-state index in [1.54, 1.807) is 0 Å². The third kappa shape index (κ3) is 7.80. The normalized spacial score (nSPS) is 13.0. The Bertz CT molecular complexity index is 4070. The van der Waals surface area contributed by atoms with E-state index in [1.165, 1.54) is 74.3 Å². The second-order valence-electron chi connectivity index (χ2n) is 18.6. The second-order valence-corrected chi connectivity index (χ2v) is 23.7. The Morgan fingerprint density at radius 3 is 0.974 bits per heavy atom. The molecule has 3 aliphatic rings. The van der Waals surface area contributed by atoms with Crippen LogP contribution in [0.3, 0.4) is 0 Å². The number of hydrogen-bond donors (Lipinski definition) is 1. The first kappa shape index (κ1) is 45.7. The Kier molecular flexibility index (Phi) is 11.1. The van der Waals surface area contributed by atoms with Crippen LogP contribution in [0, 0.1) is 0 Å². The first-order chi connectivity index (χ1) is 37.5. The number of hydrogen-bond acceptors (Lipinski definition) is 10. The van der Waals surface area contributed by atoms with Gasteiger partial charge < -0.3 is 15.1 Å². The van der Waals surface area contributed by atoms with Gasteiger partial charge in [0.05, 0.1) is 56.2 Å². The lowest BCUT2D eigenvalue weighted by atomic mass is 9.99. The van der Waals surface area contributed by atoms with Gasteiger partial charge in [-0.05, 0) is 121 Å². The molecule has 0 bridgehead atoms. The number of pyridine rings is 4. The Morgan fingerprint density at radius 2 is 0.605 bits per heavy atom. The topological polar surface area (TPSA) is 70.1 Å². The molecule has 10 aromatic carbocycles. The van der Waals surface area contributed by atoms with Gasteiger partial charge in [0, 0.05) is 118 Å². The van der Waals surface area contributed by atoms with Gasteiger partial charge >= 0.3 is 0 Å². The number of benzene rings is 10. The lowest BCUT2D eigenvalue weighted by Crippen LogP contribution is -2.15. The van der Waals surface area contributed by atoms with Crippen LogP contribution in [-0.2, 0) is 0 Å². The molecular formula is C64H37Br2N7S3. The van der Waals surface area contributed by atoms with Crippen molar-refractivity contribution in [3.05, 3.63) is 228 Å². The highest BCUT2D eigenvalue weighted by Crippen LogP contribution is 2.54. The van der Waals surface area contributed by atoms with Crippen molar-refractivity contribution in [3.8, 4) is 0 Å². The van der Waals surface area contributed by atoms with E-state index in [0.29, 0.717) is 0 Å². The van der Waals surface area contributed by atoms with Gasteiger partial charge in [-0.3, -0.25) is 19.9 Å². The Morgan fingerprint density at radius 1 is 0.316 bits per heavy atom. The third-order valence-corrected chi connectivity index (χ3v) is 18.3. The molecule has 7 heterocycles. The minimum Gasteiger partial charge on any atom is -0.354 e.